The van der Waals surface area contributed by atoms with Crippen LogP contribution in [0.3, 0.4) is 0 Å². The van der Waals surface area contributed by atoms with E-state index in [0.29, 0.717) is 30.9 Å². The number of carboxylic acids is 1. The van der Waals surface area contributed by atoms with Gasteiger partial charge < -0.3 is 15.6 Å². The van der Waals surface area contributed by atoms with Crippen molar-refractivity contribution < 1.29 is 19.4 Å². The first-order valence-corrected chi connectivity index (χ1v) is 6.66. The van der Waals surface area contributed by atoms with Gasteiger partial charge in [0.25, 0.3) is 0 Å². The zero-order valence-corrected chi connectivity index (χ0v) is 10.9. The van der Waals surface area contributed by atoms with E-state index in [2.05, 4.69) is 0 Å². The Hall–Kier alpha value is -1.56. The first-order chi connectivity index (χ1) is 8.54. The normalized spacial score (nSPS) is 18.2. The lowest BCUT2D eigenvalue weighted by atomic mass is 9.87. The summed E-state index contributed by atoms with van der Waals surface area (Å²) in [4.78, 5) is 23.7. The van der Waals surface area contributed by atoms with Gasteiger partial charge in [-0.3, -0.25) is 4.79 Å². The number of carboxylic acid groups (broad SMARTS) is 1. The number of esters is 1. The SMILES string of the molecule is CCOC(=O)C1CCc2c(sc(N)c2C(=O)O)C1. The molecule has 18 heavy (non-hydrogen) atoms. The second-order valence-electron chi connectivity index (χ2n) is 4.24. The van der Waals surface area contributed by atoms with Crippen molar-refractivity contribution in [2.24, 2.45) is 5.92 Å². The zero-order chi connectivity index (χ0) is 13.3. The van der Waals surface area contributed by atoms with Gasteiger partial charge in [0.15, 0.2) is 0 Å². The molecule has 1 unspecified atom stereocenters. The van der Waals surface area contributed by atoms with E-state index in [0.717, 1.165) is 10.4 Å². The summed E-state index contributed by atoms with van der Waals surface area (Å²) in [5.74, 6) is -1.36. The number of hydrogen-bond acceptors (Lipinski definition) is 5. The molecule has 0 aromatic carbocycles. The summed E-state index contributed by atoms with van der Waals surface area (Å²) in [6, 6.07) is 0. The minimum atomic E-state index is -0.986. The Labute approximate surface area is 109 Å². The number of carbonyl (C=O) groups excluding carboxylic acids is 1. The maximum Gasteiger partial charge on any atom is 0.338 e. The number of aromatic carboxylic acids is 1. The van der Waals surface area contributed by atoms with Crippen molar-refractivity contribution >= 4 is 28.3 Å². The fraction of sp³-hybridized carbons (Fsp3) is 0.500. The molecular weight excluding hydrogens is 254 g/mol. The summed E-state index contributed by atoms with van der Waals surface area (Å²) in [5, 5.41) is 9.44. The van der Waals surface area contributed by atoms with E-state index in [1.165, 1.54) is 11.3 Å². The maximum absolute atomic E-state index is 11.7. The number of rotatable bonds is 3. The molecule has 0 amide bonds. The molecule has 1 atom stereocenters. The van der Waals surface area contributed by atoms with Crippen molar-refractivity contribution in [1.29, 1.82) is 0 Å². The van der Waals surface area contributed by atoms with Gasteiger partial charge in [-0.15, -0.1) is 11.3 Å². The van der Waals surface area contributed by atoms with Gasteiger partial charge in [0.1, 0.15) is 5.00 Å². The Kier molecular flexibility index (Phi) is 3.56. The van der Waals surface area contributed by atoms with E-state index in [1.807, 2.05) is 0 Å². The Bertz CT molecular complexity index is 495. The van der Waals surface area contributed by atoms with Crippen molar-refractivity contribution in [2.45, 2.75) is 26.2 Å². The Morgan fingerprint density at radius 2 is 2.28 bits per heavy atom. The fourth-order valence-corrected chi connectivity index (χ4v) is 3.49. The van der Waals surface area contributed by atoms with E-state index < -0.39 is 5.97 Å². The highest BCUT2D eigenvalue weighted by Gasteiger charge is 2.31. The first-order valence-electron chi connectivity index (χ1n) is 5.84. The van der Waals surface area contributed by atoms with Crippen LogP contribution in [0.4, 0.5) is 5.00 Å². The van der Waals surface area contributed by atoms with Crippen molar-refractivity contribution in [3.05, 3.63) is 16.0 Å². The van der Waals surface area contributed by atoms with Crippen LogP contribution in [-0.2, 0) is 22.4 Å². The van der Waals surface area contributed by atoms with Crippen LogP contribution in [0.1, 0.15) is 34.1 Å². The molecule has 3 N–H and O–H groups in total. The summed E-state index contributed by atoms with van der Waals surface area (Å²) in [6.45, 7) is 2.15. The van der Waals surface area contributed by atoms with Crippen molar-refractivity contribution in [1.82, 2.24) is 0 Å². The van der Waals surface area contributed by atoms with Gasteiger partial charge in [0.05, 0.1) is 18.1 Å². The third-order valence-corrected chi connectivity index (χ3v) is 4.21. The number of anilines is 1. The Morgan fingerprint density at radius 1 is 1.56 bits per heavy atom. The predicted octanol–water partition coefficient (Wildman–Crippen LogP) is 1.70. The topological polar surface area (TPSA) is 89.6 Å². The third-order valence-electron chi connectivity index (χ3n) is 3.13. The number of nitrogen functional groups attached to an aromatic ring is 1. The standard InChI is InChI=1S/C12H15NO4S/c1-2-17-12(16)6-3-4-7-8(5-6)18-10(13)9(7)11(14)15/h6H,2-5,13H2,1H3,(H,14,15). The van der Waals surface area contributed by atoms with E-state index >= 15 is 0 Å². The summed E-state index contributed by atoms with van der Waals surface area (Å²) in [5.41, 5.74) is 6.74. The van der Waals surface area contributed by atoms with Gasteiger partial charge in [0, 0.05) is 4.88 Å². The molecule has 1 aliphatic carbocycles. The van der Waals surface area contributed by atoms with E-state index in [9.17, 15) is 9.59 Å². The molecule has 0 fully saturated rings. The molecule has 1 aromatic heterocycles. The monoisotopic (exact) mass is 269 g/mol. The van der Waals surface area contributed by atoms with Crippen LogP contribution in [0.2, 0.25) is 0 Å². The molecule has 0 bridgehead atoms. The molecule has 6 heteroatoms. The van der Waals surface area contributed by atoms with Gasteiger partial charge in [0.2, 0.25) is 0 Å². The van der Waals surface area contributed by atoms with Gasteiger partial charge in [-0.05, 0) is 31.7 Å². The number of nitrogens with two attached hydrogens (primary N) is 1. The maximum atomic E-state index is 11.7. The molecule has 1 aliphatic rings. The molecule has 2 rings (SSSR count). The van der Waals surface area contributed by atoms with Gasteiger partial charge >= 0.3 is 11.9 Å². The lowest BCUT2D eigenvalue weighted by Crippen LogP contribution is -2.24. The second kappa shape index (κ2) is 4.97. The van der Waals surface area contributed by atoms with Crippen molar-refractivity contribution in [3.63, 3.8) is 0 Å². The number of ether oxygens (including phenoxy) is 1. The minimum absolute atomic E-state index is 0.169. The molecule has 5 nitrogen and oxygen atoms in total. The molecule has 1 aromatic rings. The lowest BCUT2D eigenvalue weighted by molar-refractivity contribution is -0.148. The molecule has 1 heterocycles. The van der Waals surface area contributed by atoms with Crippen molar-refractivity contribution in [2.75, 3.05) is 12.3 Å². The van der Waals surface area contributed by atoms with Crippen LogP contribution in [0.25, 0.3) is 0 Å². The lowest BCUT2D eigenvalue weighted by Gasteiger charge is -2.20. The molecule has 0 aliphatic heterocycles. The molecule has 0 radical (unpaired) electrons. The highest BCUT2D eigenvalue weighted by molar-refractivity contribution is 7.16. The van der Waals surface area contributed by atoms with Crippen LogP contribution in [0, 0.1) is 5.92 Å². The molecule has 98 valence electrons. The van der Waals surface area contributed by atoms with Crippen LogP contribution >= 0.6 is 11.3 Å². The largest absolute Gasteiger partial charge is 0.478 e. The third kappa shape index (κ3) is 2.20. The summed E-state index contributed by atoms with van der Waals surface area (Å²) < 4.78 is 5.00. The summed E-state index contributed by atoms with van der Waals surface area (Å²) in [7, 11) is 0. The van der Waals surface area contributed by atoms with Crippen LogP contribution < -0.4 is 5.73 Å². The van der Waals surface area contributed by atoms with Crippen LogP contribution in [0.5, 0.6) is 0 Å². The van der Waals surface area contributed by atoms with E-state index in [4.69, 9.17) is 15.6 Å². The fourth-order valence-electron chi connectivity index (χ4n) is 2.30. The zero-order valence-electron chi connectivity index (χ0n) is 10.1. The Morgan fingerprint density at radius 3 is 2.89 bits per heavy atom. The molecular formula is C12H15NO4S. The predicted molar refractivity (Wildman–Crippen MR) is 67.8 cm³/mol. The number of carbonyl (C=O) groups is 2. The minimum Gasteiger partial charge on any atom is -0.478 e. The number of thiophene rings is 1. The molecule has 0 saturated carbocycles. The Balaban J connectivity index is 2.23. The number of hydrogen-bond donors (Lipinski definition) is 2. The average molecular weight is 269 g/mol. The van der Waals surface area contributed by atoms with Crippen LogP contribution in [0.15, 0.2) is 0 Å². The van der Waals surface area contributed by atoms with Gasteiger partial charge in [-0.2, -0.15) is 0 Å². The first kappa shape index (κ1) is 12.9. The van der Waals surface area contributed by atoms with Crippen LogP contribution in [-0.4, -0.2) is 23.7 Å². The smallest absolute Gasteiger partial charge is 0.338 e. The van der Waals surface area contributed by atoms with E-state index in [-0.39, 0.29) is 17.5 Å². The molecule has 0 spiro atoms. The van der Waals surface area contributed by atoms with Crippen molar-refractivity contribution in [3.8, 4) is 0 Å². The molecule has 0 saturated heterocycles. The highest BCUT2D eigenvalue weighted by Crippen LogP contribution is 2.38. The highest BCUT2D eigenvalue weighted by atomic mass is 32.1. The average Bonchev–Trinajstić information content (AvgIpc) is 2.63. The quantitative estimate of drug-likeness (QED) is 0.815. The summed E-state index contributed by atoms with van der Waals surface area (Å²) >= 11 is 1.27. The number of fused-ring (bicyclic) bond motifs is 1. The second-order valence-corrected chi connectivity index (χ2v) is 5.38. The van der Waals surface area contributed by atoms with Gasteiger partial charge in [-0.1, -0.05) is 0 Å². The van der Waals surface area contributed by atoms with E-state index in [1.54, 1.807) is 6.92 Å². The summed E-state index contributed by atoms with van der Waals surface area (Å²) in [6.07, 6.45) is 1.74. The van der Waals surface area contributed by atoms with Gasteiger partial charge in [-0.25, -0.2) is 4.79 Å².